The van der Waals surface area contributed by atoms with Crippen molar-refractivity contribution in [2.75, 3.05) is 16.6 Å². The van der Waals surface area contributed by atoms with E-state index in [0.29, 0.717) is 6.67 Å². The first-order valence-corrected chi connectivity index (χ1v) is 23.8. The summed E-state index contributed by atoms with van der Waals surface area (Å²) in [5.41, 5.74) is 10.5. The molecule has 0 unspecified atom stereocenters. The highest BCUT2D eigenvalue weighted by Gasteiger charge is 2.42. The molecule has 0 spiro atoms. The fourth-order valence-electron chi connectivity index (χ4n) is 9.05. The van der Waals surface area contributed by atoms with Crippen LogP contribution in [-0.2, 0) is 10.8 Å². The molecule has 0 radical (unpaired) electrons. The quantitative estimate of drug-likeness (QED) is 0.107. The molecule has 4 heteroatoms. The summed E-state index contributed by atoms with van der Waals surface area (Å²) in [6.45, 7) is 14.4. The second-order valence-electron chi connectivity index (χ2n) is 18.5. The smallest absolute Gasteiger partial charge is 0.179 e. The molecule has 8 aromatic carbocycles. The molecule has 0 atom stereocenters. The van der Waals surface area contributed by atoms with E-state index >= 15 is 0 Å². The van der Waals surface area contributed by atoms with E-state index in [-0.39, 0.29) is 10.8 Å². The Balaban J connectivity index is 1.26. The number of rotatable bonds is 9. The highest BCUT2D eigenvalue weighted by atomic mass is 28.3. The lowest BCUT2D eigenvalue weighted by atomic mass is 9.78. The van der Waals surface area contributed by atoms with Crippen molar-refractivity contribution in [3.8, 4) is 22.3 Å². The lowest BCUT2D eigenvalue weighted by molar-refractivity contribution is 0.569. The second kappa shape index (κ2) is 16.6. The van der Waals surface area contributed by atoms with Gasteiger partial charge in [0, 0.05) is 22.4 Å². The lowest BCUT2D eigenvalue weighted by Gasteiger charge is -2.35. The van der Waals surface area contributed by atoms with Crippen LogP contribution in [-0.4, -0.2) is 20.6 Å². The van der Waals surface area contributed by atoms with Crippen LogP contribution in [0.4, 0.5) is 11.4 Å². The molecule has 0 aromatic heterocycles. The molecular weight excluding hydrogens is 767 g/mol. The molecule has 62 heavy (non-hydrogen) atoms. The maximum absolute atomic E-state index is 5.65. The largest absolute Gasteiger partial charge is 0.304 e. The third-order valence-electron chi connectivity index (χ3n) is 12.3. The van der Waals surface area contributed by atoms with Crippen LogP contribution >= 0.6 is 0 Å². The van der Waals surface area contributed by atoms with Gasteiger partial charge in [0.2, 0.25) is 0 Å². The number of amidine groups is 1. The lowest BCUT2D eigenvalue weighted by Crippen LogP contribution is -2.74. The van der Waals surface area contributed by atoms with Gasteiger partial charge < -0.3 is 4.90 Å². The van der Waals surface area contributed by atoms with Gasteiger partial charge in [-0.25, -0.2) is 5.01 Å². The molecule has 3 nitrogen and oxygen atoms in total. The van der Waals surface area contributed by atoms with Gasteiger partial charge in [-0.2, -0.15) is 5.10 Å². The van der Waals surface area contributed by atoms with Gasteiger partial charge in [-0.05, 0) is 66.0 Å². The van der Waals surface area contributed by atoms with Crippen LogP contribution in [0.25, 0.3) is 22.3 Å². The number of hydrogen-bond acceptors (Lipinski definition) is 3. The Morgan fingerprint density at radius 3 is 1.31 bits per heavy atom. The van der Waals surface area contributed by atoms with E-state index < -0.39 is 8.07 Å². The maximum Gasteiger partial charge on any atom is 0.179 e. The molecule has 0 bridgehead atoms. The van der Waals surface area contributed by atoms with E-state index in [4.69, 9.17) is 5.10 Å². The highest BCUT2D eigenvalue weighted by molar-refractivity contribution is 7.19. The molecule has 1 aliphatic rings. The minimum atomic E-state index is -2.79. The topological polar surface area (TPSA) is 18.8 Å². The average molecular weight is 822 g/mol. The van der Waals surface area contributed by atoms with E-state index in [1.807, 2.05) is 0 Å². The fourth-order valence-corrected chi connectivity index (χ4v) is 13.8. The van der Waals surface area contributed by atoms with Gasteiger partial charge in [-0.1, -0.05) is 242 Å². The maximum atomic E-state index is 5.65. The Hall–Kier alpha value is -6.75. The number of benzene rings is 8. The van der Waals surface area contributed by atoms with Gasteiger partial charge >= 0.3 is 0 Å². The van der Waals surface area contributed by atoms with Crippen molar-refractivity contribution in [3.63, 3.8) is 0 Å². The average Bonchev–Trinajstić information content (AvgIpc) is 3.76. The van der Waals surface area contributed by atoms with Crippen molar-refractivity contribution >= 4 is 46.0 Å². The number of anilines is 2. The normalized spacial score (nSPS) is 13.3. The molecule has 306 valence electrons. The first kappa shape index (κ1) is 40.6. The minimum absolute atomic E-state index is 0.0287. The zero-order valence-corrected chi connectivity index (χ0v) is 37.8. The summed E-state index contributed by atoms with van der Waals surface area (Å²) < 4.78 is 0. The van der Waals surface area contributed by atoms with Crippen LogP contribution in [0, 0.1) is 0 Å². The molecule has 1 aliphatic heterocycles. The van der Waals surface area contributed by atoms with Crippen molar-refractivity contribution in [2.45, 2.75) is 52.4 Å². The zero-order valence-electron chi connectivity index (χ0n) is 36.8. The fraction of sp³-hybridized carbons (Fsp3) is 0.155. The van der Waals surface area contributed by atoms with Crippen molar-refractivity contribution < 1.29 is 0 Å². The van der Waals surface area contributed by atoms with Crippen LogP contribution in [0.5, 0.6) is 0 Å². The molecule has 1 heterocycles. The van der Waals surface area contributed by atoms with Crippen LogP contribution in [0.3, 0.4) is 0 Å². The molecule has 0 saturated carbocycles. The molecule has 0 N–H and O–H groups in total. The third kappa shape index (κ3) is 7.72. The number of hydrazone groups is 1. The van der Waals surface area contributed by atoms with E-state index in [0.717, 1.165) is 33.9 Å². The molecule has 9 rings (SSSR count). The van der Waals surface area contributed by atoms with E-state index in [1.165, 1.54) is 43.0 Å². The van der Waals surface area contributed by atoms with Gasteiger partial charge in [-0.3, -0.25) is 0 Å². The van der Waals surface area contributed by atoms with Crippen molar-refractivity contribution in [2.24, 2.45) is 5.10 Å². The van der Waals surface area contributed by atoms with Crippen molar-refractivity contribution in [3.05, 3.63) is 229 Å². The Morgan fingerprint density at radius 2 is 0.823 bits per heavy atom. The van der Waals surface area contributed by atoms with E-state index in [9.17, 15) is 0 Å². The van der Waals surface area contributed by atoms with Gasteiger partial charge in [0.25, 0.3) is 0 Å². The van der Waals surface area contributed by atoms with Gasteiger partial charge in [0.15, 0.2) is 13.9 Å². The molecule has 0 fully saturated rings. The molecule has 8 aromatic rings. The zero-order chi connectivity index (χ0) is 42.9. The Kier molecular flexibility index (Phi) is 10.9. The van der Waals surface area contributed by atoms with Crippen LogP contribution < -0.4 is 30.7 Å². The monoisotopic (exact) mass is 821 g/mol. The van der Waals surface area contributed by atoms with Crippen LogP contribution in [0.15, 0.2) is 217 Å². The summed E-state index contributed by atoms with van der Waals surface area (Å²) >= 11 is 0. The van der Waals surface area contributed by atoms with E-state index in [1.54, 1.807) is 0 Å². The molecule has 0 amide bonds. The summed E-state index contributed by atoms with van der Waals surface area (Å²) in [6, 6.07) is 78.2. The SMILES string of the molecule is CC(C)(C)c1cc(-c2cccc(-c3ccccc3)c2N2CN(c3cccc([Si](c4ccccc4)(c4ccccc4)c4ccccc4)c3)C(c3ccccc3)=N2)cc(C(C)(C)C)c1. The Morgan fingerprint density at radius 1 is 0.403 bits per heavy atom. The number of nitrogens with zero attached hydrogens (tertiary/aromatic N) is 3. The summed E-state index contributed by atoms with van der Waals surface area (Å²) in [4.78, 5) is 2.41. The first-order valence-electron chi connectivity index (χ1n) is 21.8. The second-order valence-corrected chi connectivity index (χ2v) is 22.3. The van der Waals surface area contributed by atoms with Crippen molar-refractivity contribution in [1.29, 1.82) is 0 Å². The van der Waals surface area contributed by atoms with Gasteiger partial charge in [-0.15, -0.1) is 0 Å². The van der Waals surface area contributed by atoms with E-state index in [2.05, 4.69) is 264 Å². The summed E-state index contributed by atoms with van der Waals surface area (Å²) in [5, 5.41) is 13.3. The highest BCUT2D eigenvalue weighted by Crippen LogP contribution is 2.44. The molecular formula is C58H55N3Si. The molecule has 0 aliphatic carbocycles. The Bertz CT molecular complexity index is 2690. The number of para-hydroxylation sites is 1. The predicted molar refractivity (Wildman–Crippen MR) is 268 cm³/mol. The van der Waals surface area contributed by atoms with Gasteiger partial charge in [0.05, 0.1) is 5.69 Å². The van der Waals surface area contributed by atoms with Crippen LogP contribution in [0.1, 0.15) is 58.2 Å². The predicted octanol–water partition coefficient (Wildman–Crippen LogP) is 11.6. The van der Waals surface area contributed by atoms with Crippen LogP contribution in [0.2, 0.25) is 0 Å². The third-order valence-corrected chi connectivity index (χ3v) is 17.1. The number of hydrogen-bond donors (Lipinski definition) is 0. The van der Waals surface area contributed by atoms with Gasteiger partial charge in [0.1, 0.15) is 6.67 Å². The summed E-state index contributed by atoms with van der Waals surface area (Å²) in [7, 11) is -2.79. The standard InChI is InChI=1S/C58H55N3Si/c1-57(2,3)46-38-45(39-47(40-46)58(4,5)6)54-37-23-36-53(43-24-12-7-13-25-43)55(54)61-42-60(56(59-61)44-26-14-8-15-27-44)48-28-22-35-52(41-48)62(49-29-16-9-17-30-49,50-31-18-10-19-32-50)51-33-20-11-21-34-51/h7-41H,42H2,1-6H3. The summed E-state index contributed by atoms with van der Waals surface area (Å²) in [6.07, 6.45) is 0. The summed E-state index contributed by atoms with van der Waals surface area (Å²) in [5.74, 6) is 0.918. The Labute approximate surface area is 369 Å². The first-order chi connectivity index (χ1) is 30.0. The van der Waals surface area contributed by atoms with Crippen molar-refractivity contribution in [1.82, 2.24) is 0 Å². The molecule has 0 saturated heterocycles. The minimum Gasteiger partial charge on any atom is -0.304 e.